The van der Waals surface area contributed by atoms with Gasteiger partial charge in [-0.25, -0.2) is 0 Å². The van der Waals surface area contributed by atoms with E-state index in [1.54, 1.807) is 0 Å². The van der Waals surface area contributed by atoms with Crippen molar-refractivity contribution in [3.05, 3.63) is 35.9 Å². The molecule has 1 aliphatic rings. The zero-order valence-electron chi connectivity index (χ0n) is 11.0. The van der Waals surface area contributed by atoms with Crippen molar-refractivity contribution in [3.63, 3.8) is 0 Å². The van der Waals surface area contributed by atoms with Crippen LogP contribution in [0.1, 0.15) is 57.1 Å². The topological polar surface area (TPSA) is 12.0 Å². The van der Waals surface area contributed by atoms with Crippen LogP contribution >= 0.6 is 0 Å². The molecule has 1 atom stereocenters. The lowest BCUT2D eigenvalue weighted by Crippen LogP contribution is -2.28. The largest absolute Gasteiger partial charge is 0.310 e. The third kappa shape index (κ3) is 3.57. The molecule has 1 aromatic rings. The van der Waals surface area contributed by atoms with Gasteiger partial charge in [0.25, 0.3) is 0 Å². The molecule has 1 heteroatoms. The normalized spacial score (nSPS) is 19.8. The van der Waals surface area contributed by atoms with E-state index in [4.69, 9.17) is 0 Å². The minimum atomic E-state index is 0.569. The first-order chi connectivity index (χ1) is 8.42. The van der Waals surface area contributed by atoms with E-state index in [1.165, 1.54) is 44.1 Å². The molecule has 0 aromatic heterocycles. The van der Waals surface area contributed by atoms with Gasteiger partial charge in [-0.05, 0) is 30.9 Å². The molecule has 1 aliphatic carbocycles. The summed E-state index contributed by atoms with van der Waals surface area (Å²) in [7, 11) is 0. The Morgan fingerprint density at radius 3 is 2.29 bits per heavy atom. The van der Waals surface area contributed by atoms with E-state index >= 15 is 0 Å². The van der Waals surface area contributed by atoms with Crippen molar-refractivity contribution in [1.29, 1.82) is 0 Å². The van der Waals surface area contributed by atoms with Crippen LogP contribution in [0.15, 0.2) is 30.3 Å². The molecule has 94 valence electrons. The number of nitrogens with one attached hydrogen (secondary N) is 1. The minimum Gasteiger partial charge on any atom is -0.310 e. The molecule has 1 nitrogen and oxygen atoms in total. The molecular weight excluding hydrogens is 206 g/mol. The van der Waals surface area contributed by atoms with Crippen LogP contribution in [-0.2, 0) is 0 Å². The van der Waals surface area contributed by atoms with Gasteiger partial charge in [0.05, 0.1) is 0 Å². The van der Waals surface area contributed by atoms with E-state index < -0.39 is 0 Å². The second-order valence-corrected chi connectivity index (χ2v) is 5.20. The first kappa shape index (κ1) is 12.6. The lowest BCUT2D eigenvalue weighted by atomic mass is 9.87. The predicted octanol–water partition coefficient (Wildman–Crippen LogP) is 4.31. The van der Waals surface area contributed by atoms with E-state index in [0.29, 0.717) is 6.04 Å². The van der Waals surface area contributed by atoms with Crippen molar-refractivity contribution in [3.8, 4) is 0 Å². The molecule has 0 spiro atoms. The first-order valence-corrected chi connectivity index (χ1v) is 7.20. The Kier molecular flexibility index (Phi) is 5.06. The Morgan fingerprint density at radius 2 is 1.71 bits per heavy atom. The summed E-state index contributed by atoms with van der Waals surface area (Å²) < 4.78 is 0. The van der Waals surface area contributed by atoms with Crippen LogP contribution in [-0.4, -0.2) is 6.54 Å². The van der Waals surface area contributed by atoms with E-state index in [-0.39, 0.29) is 0 Å². The Balaban J connectivity index is 2.10. The van der Waals surface area contributed by atoms with Gasteiger partial charge in [-0.2, -0.15) is 0 Å². The van der Waals surface area contributed by atoms with Crippen molar-refractivity contribution >= 4 is 0 Å². The van der Waals surface area contributed by atoms with Crippen LogP contribution in [0.5, 0.6) is 0 Å². The fraction of sp³-hybridized carbons (Fsp3) is 0.625. The van der Waals surface area contributed by atoms with Gasteiger partial charge in [0.15, 0.2) is 0 Å². The number of benzene rings is 1. The standard InChI is InChI=1S/C16H25N/c1-2-17-16(15-12-8-5-9-13-15)14-10-6-3-4-7-11-14/h5,8-9,12-14,16-17H,2-4,6-7,10-11H2,1H3. The van der Waals surface area contributed by atoms with Crippen LogP contribution in [0.3, 0.4) is 0 Å². The Hall–Kier alpha value is -0.820. The van der Waals surface area contributed by atoms with Gasteiger partial charge in [-0.1, -0.05) is 62.9 Å². The highest BCUT2D eigenvalue weighted by molar-refractivity contribution is 5.19. The third-order valence-electron chi connectivity index (χ3n) is 3.95. The van der Waals surface area contributed by atoms with E-state index in [9.17, 15) is 0 Å². The molecule has 0 radical (unpaired) electrons. The second-order valence-electron chi connectivity index (χ2n) is 5.20. The van der Waals surface area contributed by atoms with E-state index in [0.717, 1.165) is 12.5 Å². The molecule has 17 heavy (non-hydrogen) atoms. The van der Waals surface area contributed by atoms with Crippen molar-refractivity contribution in [2.24, 2.45) is 5.92 Å². The number of rotatable bonds is 4. The second kappa shape index (κ2) is 6.80. The number of hydrogen-bond donors (Lipinski definition) is 1. The minimum absolute atomic E-state index is 0.569. The summed E-state index contributed by atoms with van der Waals surface area (Å²) in [6.45, 7) is 3.28. The first-order valence-electron chi connectivity index (χ1n) is 7.20. The Bertz CT molecular complexity index is 299. The van der Waals surface area contributed by atoms with Crippen molar-refractivity contribution in [2.45, 2.75) is 51.5 Å². The molecule has 0 heterocycles. The van der Waals surface area contributed by atoms with Crippen LogP contribution in [0.2, 0.25) is 0 Å². The van der Waals surface area contributed by atoms with Gasteiger partial charge in [-0.15, -0.1) is 0 Å². The van der Waals surface area contributed by atoms with Gasteiger partial charge >= 0.3 is 0 Å². The average molecular weight is 231 g/mol. The van der Waals surface area contributed by atoms with Crippen molar-refractivity contribution in [1.82, 2.24) is 5.32 Å². The molecule has 1 unspecified atom stereocenters. The summed E-state index contributed by atoms with van der Waals surface area (Å²) in [5.74, 6) is 0.833. The van der Waals surface area contributed by atoms with E-state index in [2.05, 4.69) is 42.6 Å². The summed E-state index contributed by atoms with van der Waals surface area (Å²) in [4.78, 5) is 0. The zero-order valence-corrected chi connectivity index (χ0v) is 11.0. The highest BCUT2D eigenvalue weighted by Crippen LogP contribution is 2.33. The predicted molar refractivity (Wildman–Crippen MR) is 74.1 cm³/mol. The zero-order chi connectivity index (χ0) is 11.9. The molecule has 1 aromatic carbocycles. The Morgan fingerprint density at radius 1 is 1.06 bits per heavy atom. The van der Waals surface area contributed by atoms with Gasteiger partial charge in [0.1, 0.15) is 0 Å². The molecule has 0 amide bonds. The summed E-state index contributed by atoms with van der Waals surface area (Å²) in [6.07, 6.45) is 8.49. The molecule has 1 saturated carbocycles. The van der Waals surface area contributed by atoms with Crippen LogP contribution < -0.4 is 5.32 Å². The SMILES string of the molecule is CCNC(c1ccccc1)C1CCCCCC1. The summed E-state index contributed by atoms with van der Waals surface area (Å²) >= 11 is 0. The maximum atomic E-state index is 3.70. The monoisotopic (exact) mass is 231 g/mol. The maximum absolute atomic E-state index is 3.70. The highest BCUT2D eigenvalue weighted by atomic mass is 14.9. The quantitative estimate of drug-likeness (QED) is 0.761. The average Bonchev–Trinajstić information content (AvgIpc) is 2.66. The van der Waals surface area contributed by atoms with Crippen LogP contribution in [0.4, 0.5) is 0 Å². The molecule has 0 saturated heterocycles. The van der Waals surface area contributed by atoms with Gasteiger partial charge in [0.2, 0.25) is 0 Å². The van der Waals surface area contributed by atoms with Crippen LogP contribution in [0.25, 0.3) is 0 Å². The summed E-state index contributed by atoms with van der Waals surface area (Å²) in [6, 6.07) is 11.6. The third-order valence-corrected chi connectivity index (χ3v) is 3.95. The smallest absolute Gasteiger partial charge is 0.0348 e. The molecule has 1 N–H and O–H groups in total. The highest BCUT2D eigenvalue weighted by Gasteiger charge is 2.22. The molecule has 0 bridgehead atoms. The fourth-order valence-electron chi connectivity index (χ4n) is 3.08. The Labute approximate surface area is 106 Å². The van der Waals surface area contributed by atoms with E-state index in [1.807, 2.05) is 0 Å². The van der Waals surface area contributed by atoms with Gasteiger partial charge < -0.3 is 5.32 Å². The van der Waals surface area contributed by atoms with Crippen molar-refractivity contribution in [2.75, 3.05) is 6.54 Å². The summed E-state index contributed by atoms with van der Waals surface area (Å²) in [5, 5.41) is 3.70. The molecular formula is C16H25N. The lowest BCUT2D eigenvalue weighted by Gasteiger charge is -2.27. The molecule has 1 fully saturated rings. The molecule has 0 aliphatic heterocycles. The molecule has 2 rings (SSSR count). The number of hydrogen-bond acceptors (Lipinski definition) is 1. The van der Waals surface area contributed by atoms with Crippen LogP contribution in [0, 0.1) is 5.92 Å². The van der Waals surface area contributed by atoms with Gasteiger partial charge in [0, 0.05) is 6.04 Å². The lowest BCUT2D eigenvalue weighted by molar-refractivity contribution is 0.330. The van der Waals surface area contributed by atoms with Crippen molar-refractivity contribution < 1.29 is 0 Å². The fourth-order valence-corrected chi connectivity index (χ4v) is 3.08. The maximum Gasteiger partial charge on any atom is 0.0348 e. The van der Waals surface area contributed by atoms with Gasteiger partial charge in [-0.3, -0.25) is 0 Å². The summed E-state index contributed by atoms with van der Waals surface area (Å²) in [5.41, 5.74) is 1.47.